The van der Waals surface area contributed by atoms with Gasteiger partial charge in [-0.2, -0.15) is 0 Å². The van der Waals surface area contributed by atoms with Crippen LogP contribution >= 0.6 is 0 Å². The largest absolute Gasteiger partial charge is 0.481 e. The summed E-state index contributed by atoms with van der Waals surface area (Å²) in [6.45, 7) is 0.130. The van der Waals surface area contributed by atoms with Crippen molar-refractivity contribution >= 4 is 11.9 Å². The molecule has 0 bridgehead atoms. The van der Waals surface area contributed by atoms with Crippen molar-refractivity contribution in [3.63, 3.8) is 0 Å². The van der Waals surface area contributed by atoms with Gasteiger partial charge in [-0.15, -0.1) is 0 Å². The van der Waals surface area contributed by atoms with E-state index in [1.807, 2.05) is 30.3 Å². The first kappa shape index (κ1) is 13.5. The molecule has 4 nitrogen and oxygen atoms in total. The smallest absolute Gasteiger partial charge is 0.309 e. The van der Waals surface area contributed by atoms with Crippen LogP contribution in [0.15, 0.2) is 30.3 Å². The van der Waals surface area contributed by atoms with Crippen molar-refractivity contribution < 1.29 is 23.8 Å². The molecule has 5 heteroatoms. The number of hydrogen-bond acceptors (Lipinski definition) is 3. The summed E-state index contributed by atoms with van der Waals surface area (Å²) in [5, 5.41) is 8.80. The molecule has 0 spiro atoms. The van der Waals surface area contributed by atoms with E-state index in [2.05, 4.69) is 0 Å². The summed E-state index contributed by atoms with van der Waals surface area (Å²) in [5.74, 6) is -3.45. The first-order chi connectivity index (χ1) is 9.08. The lowest BCUT2D eigenvalue weighted by molar-refractivity contribution is -0.150. The lowest BCUT2D eigenvalue weighted by Crippen LogP contribution is -2.19. The van der Waals surface area contributed by atoms with Crippen molar-refractivity contribution in [3.05, 3.63) is 35.9 Å². The van der Waals surface area contributed by atoms with E-state index < -0.39 is 29.9 Å². The van der Waals surface area contributed by atoms with Crippen molar-refractivity contribution in [3.8, 4) is 0 Å². The molecule has 0 aromatic heterocycles. The first-order valence-corrected chi connectivity index (χ1v) is 6.15. The van der Waals surface area contributed by atoms with Crippen molar-refractivity contribution in [1.29, 1.82) is 0 Å². The predicted octanol–water partition coefficient (Wildman–Crippen LogP) is 2.18. The fourth-order valence-electron chi connectivity index (χ4n) is 2.28. The van der Waals surface area contributed by atoms with E-state index in [0.29, 0.717) is 0 Å². The van der Waals surface area contributed by atoms with Crippen LogP contribution in [0.5, 0.6) is 0 Å². The lowest BCUT2D eigenvalue weighted by atomic mass is 10.1. The van der Waals surface area contributed by atoms with Crippen molar-refractivity contribution in [1.82, 2.24) is 0 Å². The molecule has 3 atom stereocenters. The van der Waals surface area contributed by atoms with Crippen LogP contribution < -0.4 is 0 Å². The second kappa shape index (κ2) is 5.82. The molecule has 2 rings (SSSR count). The quantitative estimate of drug-likeness (QED) is 0.848. The molecule has 1 fully saturated rings. The zero-order valence-corrected chi connectivity index (χ0v) is 10.3. The van der Waals surface area contributed by atoms with Crippen molar-refractivity contribution in [2.45, 2.75) is 25.6 Å². The van der Waals surface area contributed by atoms with Gasteiger partial charge in [0.15, 0.2) is 0 Å². The number of esters is 1. The van der Waals surface area contributed by atoms with Crippen molar-refractivity contribution in [2.75, 3.05) is 0 Å². The van der Waals surface area contributed by atoms with Crippen LogP contribution in [0.3, 0.4) is 0 Å². The Kier molecular flexibility index (Phi) is 4.14. The Balaban J connectivity index is 1.86. The first-order valence-electron chi connectivity index (χ1n) is 6.15. The summed E-state index contributed by atoms with van der Waals surface area (Å²) >= 11 is 0. The summed E-state index contributed by atoms with van der Waals surface area (Å²) in [7, 11) is 0. The molecule has 1 aliphatic rings. The Hall–Kier alpha value is -1.91. The maximum atomic E-state index is 13.4. The van der Waals surface area contributed by atoms with Gasteiger partial charge < -0.3 is 9.84 Å². The molecule has 1 saturated carbocycles. The van der Waals surface area contributed by atoms with Gasteiger partial charge in [-0.25, -0.2) is 4.39 Å². The van der Waals surface area contributed by atoms with Crippen LogP contribution in [0.25, 0.3) is 0 Å². The minimum absolute atomic E-state index is 0.0180. The number of halogens is 1. The zero-order valence-electron chi connectivity index (χ0n) is 10.3. The number of benzene rings is 1. The highest BCUT2D eigenvalue weighted by Crippen LogP contribution is 2.34. The number of carboxylic acid groups (broad SMARTS) is 1. The standard InChI is InChI=1S/C14H15FO4/c15-12-7-10(6-11(12)13(16)17)14(18)19-8-9-4-2-1-3-5-9/h1-5,10-12H,6-8H2,(H,16,17)/t10-,11-,12+/m0/s1. The molecule has 0 amide bonds. The summed E-state index contributed by atoms with van der Waals surface area (Å²) in [4.78, 5) is 22.5. The topological polar surface area (TPSA) is 63.6 Å². The number of alkyl halides is 1. The fourth-order valence-corrected chi connectivity index (χ4v) is 2.28. The van der Waals surface area contributed by atoms with Crippen LogP contribution in [0.1, 0.15) is 18.4 Å². The molecule has 0 heterocycles. The van der Waals surface area contributed by atoms with E-state index in [0.717, 1.165) is 5.56 Å². The minimum atomic E-state index is -1.47. The predicted molar refractivity (Wildman–Crippen MR) is 65.0 cm³/mol. The van der Waals surface area contributed by atoms with E-state index in [-0.39, 0.29) is 19.4 Å². The third-order valence-corrected chi connectivity index (χ3v) is 3.36. The highest BCUT2D eigenvalue weighted by molar-refractivity contribution is 5.77. The number of rotatable bonds is 4. The zero-order chi connectivity index (χ0) is 13.8. The van der Waals surface area contributed by atoms with E-state index in [1.165, 1.54) is 0 Å². The van der Waals surface area contributed by atoms with Crippen LogP contribution in [0.4, 0.5) is 4.39 Å². The highest BCUT2D eigenvalue weighted by Gasteiger charge is 2.42. The van der Waals surface area contributed by atoms with Gasteiger partial charge in [-0.3, -0.25) is 9.59 Å². The average Bonchev–Trinajstić information content (AvgIpc) is 2.79. The molecule has 0 saturated heterocycles. The summed E-state index contributed by atoms with van der Waals surface area (Å²) in [5.41, 5.74) is 0.848. The average molecular weight is 266 g/mol. The molecular weight excluding hydrogens is 251 g/mol. The maximum Gasteiger partial charge on any atom is 0.309 e. The molecule has 1 aliphatic carbocycles. The highest BCUT2D eigenvalue weighted by atomic mass is 19.1. The molecule has 1 aromatic carbocycles. The Morgan fingerprint density at radius 3 is 2.53 bits per heavy atom. The SMILES string of the molecule is O=C(OCc1ccccc1)[C@@H]1C[C@@H](F)[C@@H](C(=O)O)C1. The molecule has 0 unspecified atom stereocenters. The molecule has 0 aliphatic heterocycles. The number of carbonyl (C=O) groups excluding carboxylic acids is 1. The van der Waals surface area contributed by atoms with Gasteiger partial charge in [-0.05, 0) is 18.4 Å². The van der Waals surface area contributed by atoms with E-state index in [4.69, 9.17) is 9.84 Å². The lowest BCUT2D eigenvalue weighted by Gasteiger charge is -2.09. The molecule has 0 radical (unpaired) electrons. The number of aliphatic carboxylic acids is 1. The van der Waals surface area contributed by atoms with E-state index in [1.54, 1.807) is 0 Å². The second-order valence-electron chi connectivity index (χ2n) is 4.72. The molecule has 19 heavy (non-hydrogen) atoms. The Morgan fingerprint density at radius 1 is 1.26 bits per heavy atom. The normalized spacial score (nSPS) is 26.1. The summed E-state index contributed by atoms with van der Waals surface area (Å²) in [6.07, 6.45) is -1.51. The van der Waals surface area contributed by atoms with E-state index >= 15 is 0 Å². The molecule has 1 aromatic rings. The number of carbonyl (C=O) groups is 2. The van der Waals surface area contributed by atoms with E-state index in [9.17, 15) is 14.0 Å². The van der Waals surface area contributed by atoms with Crippen LogP contribution in [0.2, 0.25) is 0 Å². The maximum absolute atomic E-state index is 13.4. The summed E-state index contributed by atoms with van der Waals surface area (Å²) in [6, 6.07) is 9.15. The minimum Gasteiger partial charge on any atom is -0.481 e. The Labute approximate surface area is 110 Å². The fraction of sp³-hybridized carbons (Fsp3) is 0.429. The van der Waals surface area contributed by atoms with Gasteiger partial charge in [0.05, 0.1) is 11.8 Å². The van der Waals surface area contributed by atoms with Crippen LogP contribution in [-0.2, 0) is 20.9 Å². The van der Waals surface area contributed by atoms with Gasteiger partial charge in [0, 0.05) is 0 Å². The Morgan fingerprint density at radius 2 is 1.95 bits per heavy atom. The monoisotopic (exact) mass is 266 g/mol. The van der Waals surface area contributed by atoms with Gasteiger partial charge in [0.2, 0.25) is 0 Å². The molecule has 1 N–H and O–H groups in total. The third-order valence-electron chi connectivity index (χ3n) is 3.36. The van der Waals surface area contributed by atoms with Gasteiger partial charge in [0.25, 0.3) is 0 Å². The van der Waals surface area contributed by atoms with Gasteiger partial charge in [0.1, 0.15) is 12.8 Å². The number of hydrogen-bond donors (Lipinski definition) is 1. The van der Waals surface area contributed by atoms with Crippen molar-refractivity contribution in [2.24, 2.45) is 11.8 Å². The number of ether oxygens (including phenoxy) is 1. The van der Waals surface area contributed by atoms with Gasteiger partial charge >= 0.3 is 11.9 Å². The third kappa shape index (κ3) is 3.30. The van der Waals surface area contributed by atoms with Gasteiger partial charge in [-0.1, -0.05) is 30.3 Å². The Bertz CT molecular complexity index is 460. The molecular formula is C14H15FO4. The van der Waals surface area contributed by atoms with Crippen LogP contribution in [0, 0.1) is 11.8 Å². The number of carboxylic acids is 1. The van der Waals surface area contributed by atoms with Crippen LogP contribution in [-0.4, -0.2) is 23.2 Å². The molecule has 102 valence electrons. The summed E-state index contributed by atoms with van der Waals surface area (Å²) < 4.78 is 18.5. The second-order valence-corrected chi connectivity index (χ2v) is 4.72.